The SMILES string of the molecule is CC(C)(O)CCOc1ccc(Br)cc1C(C)(C)C. The molecule has 1 aromatic rings. The van der Waals surface area contributed by atoms with E-state index in [4.69, 9.17) is 4.74 Å². The molecule has 0 amide bonds. The van der Waals surface area contributed by atoms with Crippen LogP contribution in [0.4, 0.5) is 0 Å². The van der Waals surface area contributed by atoms with Crippen LogP contribution < -0.4 is 4.74 Å². The van der Waals surface area contributed by atoms with Crippen LogP contribution in [0.2, 0.25) is 0 Å². The fraction of sp³-hybridized carbons (Fsp3) is 0.600. The van der Waals surface area contributed by atoms with E-state index >= 15 is 0 Å². The molecule has 18 heavy (non-hydrogen) atoms. The van der Waals surface area contributed by atoms with Crippen molar-refractivity contribution in [3.63, 3.8) is 0 Å². The molecule has 0 bridgehead atoms. The zero-order valence-electron chi connectivity index (χ0n) is 11.9. The molecule has 0 saturated carbocycles. The number of aliphatic hydroxyl groups is 1. The summed E-state index contributed by atoms with van der Waals surface area (Å²) in [7, 11) is 0. The van der Waals surface area contributed by atoms with Crippen molar-refractivity contribution in [3.8, 4) is 5.75 Å². The molecule has 0 radical (unpaired) electrons. The summed E-state index contributed by atoms with van der Waals surface area (Å²) in [6.07, 6.45) is 0.618. The van der Waals surface area contributed by atoms with Gasteiger partial charge in [-0.15, -0.1) is 0 Å². The van der Waals surface area contributed by atoms with E-state index in [1.807, 2.05) is 12.1 Å². The molecular formula is C15H23BrO2. The van der Waals surface area contributed by atoms with Gasteiger partial charge in [-0.2, -0.15) is 0 Å². The van der Waals surface area contributed by atoms with Gasteiger partial charge in [0, 0.05) is 16.5 Å². The molecule has 1 N–H and O–H groups in total. The zero-order chi connectivity index (χ0) is 14.0. The summed E-state index contributed by atoms with van der Waals surface area (Å²) >= 11 is 3.49. The van der Waals surface area contributed by atoms with Crippen molar-refractivity contribution in [1.82, 2.24) is 0 Å². The first-order valence-corrected chi connectivity index (χ1v) is 7.04. The molecule has 0 heterocycles. The molecule has 1 aromatic carbocycles. The predicted molar refractivity (Wildman–Crippen MR) is 79.3 cm³/mol. The van der Waals surface area contributed by atoms with E-state index in [0.29, 0.717) is 13.0 Å². The van der Waals surface area contributed by atoms with Crippen LogP contribution in [-0.4, -0.2) is 17.3 Å². The molecular weight excluding hydrogens is 292 g/mol. The Morgan fingerprint density at radius 1 is 1.17 bits per heavy atom. The Labute approximate surface area is 118 Å². The topological polar surface area (TPSA) is 29.5 Å². The Hall–Kier alpha value is -0.540. The maximum atomic E-state index is 9.68. The fourth-order valence-corrected chi connectivity index (χ4v) is 1.99. The number of benzene rings is 1. The molecule has 0 spiro atoms. The van der Waals surface area contributed by atoms with Gasteiger partial charge in [0.25, 0.3) is 0 Å². The number of hydrogen-bond acceptors (Lipinski definition) is 2. The largest absolute Gasteiger partial charge is 0.493 e. The minimum Gasteiger partial charge on any atom is -0.493 e. The molecule has 1 rings (SSSR count). The maximum absolute atomic E-state index is 9.68. The van der Waals surface area contributed by atoms with Crippen molar-refractivity contribution in [2.24, 2.45) is 0 Å². The molecule has 3 heteroatoms. The summed E-state index contributed by atoms with van der Waals surface area (Å²) in [5, 5.41) is 9.68. The standard InChI is InChI=1S/C15H23BrO2/c1-14(2,3)12-10-11(16)6-7-13(12)18-9-8-15(4,5)17/h6-7,10,17H,8-9H2,1-5H3. The second kappa shape index (κ2) is 5.62. The van der Waals surface area contributed by atoms with Gasteiger partial charge >= 0.3 is 0 Å². The Morgan fingerprint density at radius 3 is 2.28 bits per heavy atom. The van der Waals surface area contributed by atoms with Crippen molar-refractivity contribution in [2.45, 2.75) is 52.1 Å². The first kappa shape index (κ1) is 15.5. The highest BCUT2D eigenvalue weighted by Gasteiger charge is 2.20. The lowest BCUT2D eigenvalue weighted by Crippen LogP contribution is -2.22. The Morgan fingerprint density at radius 2 is 1.78 bits per heavy atom. The molecule has 2 nitrogen and oxygen atoms in total. The minimum atomic E-state index is -0.683. The summed E-state index contributed by atoms with van der Waals surface area (Å²) in [6, 6.07) is 6.06. The average molecular weight is 315 g/mol. The average Bonchev–Trinajstić information content (AvgIpc) is 2.17. The smallest absolute Gasteiger partial charge is 0.123 e. The molecule has 0 saturated heterocycles. The zero-order valence-corrected chi connectivity index (χ0v) is 13.5. The second-order valence-electron chi connectivity index (χ2n) is 6.30. The predicted octanol–water partition coefficient (Wildman–Crippen LogP) is 4.29. The van der Waals surface area contributed by atoms with Crippen molar-refractivity contribution < 1.29 is 9.84 Å². The molecule has 0 atom stereocenters. The normalized spacial score (nSPS) is 12.6. The molecule has 0 aliphatic carbocycles. The summed E-state index contributed by atoms with van der Waals surface area (Å²) in [4.78, 5) is 0. The van der Waals surface area contributed by atoms with Gasteiger partial charge in [0.2, 0.25) is 0 Å². The van der Waals surface area contributed by atoms with Crippen LogP contribution in [0.1, 0.15) is 46.6 Å². The van der Waals surface area contributed by atoms with Gasteiger partial charge in [-0.25, -0.2) is 0 Å². The van der Waals surface area contributed by atoms with Crippen LogP contribution in [0.25, 0.3) is 0 Å². The lowest BCUT2D eigenvalue weighted by Gasteiger charge is -2.24. The molecule has 0 aromatic heterocycles. The molecule has 0 aliphatic rings. The van der Waals surface area contributed by atoms with Gasteiger partial charge in [0.1, 0.15) is 5.75 Å². The van der Waals surface area contributed by atoms with Crippen molar-refractivity contribution in [1.29, 1.82) is 0 Å². The van der Waals surface area contributed by atoms with Crippen LogP contribution in [-0.2, 0) is 5.41 Å². The number of rotatable bonds is 4. The van der Waals surface area contributed by atoms with Gasteiger partial charge in [-0.1, -0.05) is 36.7 Å². The number of hydrogen-bond donors (Lipinski definition) is 1. The van der Waals surface area contributed by atoms with Gasteiger partial charge in [-0.3, -0.25) is 0 Å². The molecule has 0 aliphatic heterocycles. The van der Waals surface area contributed by atoms with Crippen molar-refractivity contribution in [2.75, 3.05) is 6.61 Å². The summed E-state index contributed by atoms with van der Waals surface area (Å²) in [6.45, 7) is 10.6. The van der Waals surface area contributed by atoms with E-state index in [0.717, 1.165) is 10.2 Å². The highest BCUT2D eigenvalue weighted by molar-refractivity contribution is 9.10. The number of halogens is 1. The van der Waals surface area contributed by atoms with Crippen molar-refractivity contribution in [3.05, 3.63) is 28.2 Å². The summed E-state index contributed by atoms with van der Waals surface area (Å²) < 4.78 is 6.87. The van der Waals surface area contributed by atoms with Crippen LogP contribution in [0.15, 0.2) is 22.7 Å². The fourth-order valence-electron chi connectivity index (χ4n) is 1.62. The van der Waals surface area contributed by atoms with E-state index in [1.165, 1.54) is 5.56 Å². The van der Waals surface area contributed by atoms with E-state index in [2.05, 4.69) is 42.8 Å². The van der Waals surface area contributed by atoms with Gasteiger partial charge < -0.3 is 9.84 Å². The van der Waals surface area contributed by atoms with Gasteiger partial charge in [0.05, 0.1) is 12.2 Å². The monoisotopic (exact) mass is 314 g/mol. The molecule has 0 unspecified atom stereocenters. The van der Waals surface area contributed by atoms with Crippen LogP contribution in [0.5, 0.6) is 5.75 Å². The third-order valence-electron chi connectivity index (χ3n) is 2.72. The van der Waals surface area contributed by atoms with E-state index in [-0.39, 0.29) is 5.41 Å². The minimum absolute atomic E-state index is 0.0356. The maximum Gasteiger partial charge on any atom is 0.123 e. The van der Waals surface area contributed by atoms with E-state index in [1.54, 1.807) is 13.8 Å². The van der Waals surface area contributed by atoms with E-state index in [9.17, 15) is 5.11 Å². The van der Waals surface area contributed by atoms with Crippen molar-refractivity contribution >= 4 is 15.9 Å². The highest BCUT2D eigenvalue weighted by Crippen LogP contribution is 2.33. The lowest BCUT2D eigenvalue weighted by molar-refractivity contribution is 0.0551. The summed E-state index contributed by atoms with van der Waals surface area (Å²) in [5.74, 6) is 0.898. The van der Waals surface area contributed by atoms with Gasteiger partial charge in [0.15, 0.2) is 0 Å². The third-order valence-corrected chi connectivity index (χ3v) is 3.21. The molecule has 102 valence electrons. The van der Waals surface area contributed by atoms with Crippen LogP contribution in [0, 0.1) is 0 Å². The third kappa shape index (κ3) is 4.99. The van der Waals surface area contributed by atoms with Gasteiger partial charge in [-0.05, 0) is 37.5 Å². The Balaban J connectivity index is 2.83. The van der Waals surface area contributed by atoms with E-state index < -0.39 is 5.60 Å². The first-order valence-electron chi connectivity index (χ1n) is 6.25. The highest BCUT2D eigenvalue weighted by atomic mass is 79.9. The Bertz CT molecular complexity index is 400. The quantitative estimate of drug-likeness (QED) is 0.898. The Kier molecular flexibility index (Phi) is 4.84. The number of ether oxygens (including phenoxy) is 1. The summed E-state index contributed by atoms with van der Waals surface area (Å²) in [5.41, 5.74) is 0.526. The van der Waals surface area contributed by atoms with Crippen LogP contribution in [0.3, 0.4) is 0 Å². The second-order valence-corrected chi connectivity index (χ2v) is 7.22. The first-order chi connectivity index (χ1) is 8.09. The van der Waals surface area contributed by atoms with Crippen LogP contribution >= 0.6 is 15.9 Å². The lowest BCUT2D eigenvalue weighted by atomic mass is 9.86. The molecule has 0 fully saturated rings.